The molecule has 2 N–H and O–H groups in total. The molecule has 0 amide bonds. The van der Waals surface area contributed by atoms with Crippen molar-refractivity contribution in [1.29, 1.82) is 0 Å². The van der Waals surface area contributed by atoms with Crippen LogP contribution < -0.4 is 10.1 Å². The van der Waals surface area contributed by atoms with Crippen LogP contribution in [-0.4, -0.2) is 25.4 Å². The van der Waals surface area contributed by atoms with Gasteiger partial charge in [-0.05, 0) is 26.5 Å². The predicted octanol–water partition coefficient (Wildman–Crippen LogP) is 1.73. The van der Waals surface area contributed by atoms with Gasteiger partial charge in [0.2, 0.25) is 0 Å². The maximum atomic E-state index is 8.97. The smallest absolute Gasteiger partial charge is 0.124 e. The first-order chi connectivity index (χ1) is 7.33. The number of hydrogen-bond donors (Lipinski definition) is 2. The third kappa shape index (κ3) is 3.22. The van der Waals surface area contributed by atoms with Gasteiger partial charge in [-0.15, -0.1) is 0 Å². The molecule has 0 aliphatic carbocycles. The van der Waals surface area contributed by atoms with Crippen molar-refractivity contribution in [3.05, 3.63) is 29.8 Å². The van der Waals surface area contributed by atoms with E-state index in [0.717, 1.165) is 11.3 Å². The minimum absolute atomic E-state index is 0.151. The second kappa shape index (κ2) is 6.43. The highest BCUT2D eigenvalue weighted by molar-refractivity contribution is 5.35. The van der Waals surface area contributed by atoms with Crippen LogP contribution in [0.1, 0.15) is 24.9 Å². The van der Waals surface area contributed by atoms with Crippen LogP contribution in [0.4, 0.5) is 0 Å². The van der Waals surface area contributed by atoms with E-state index in [-0.39, 0.29) is 12.6 Å². The van der Waals surface area contributed by atoms with Gasteiger partial charge in [0.1, 0.15) is 5.75 Å². The maximum Gasteiger partial charge on any atom is 0.124 e. The first kappa shape index (κ1) is 12.0. The average molecular weight is 209 g/mol. The molecule has 1 aromatic carbocycles. The lowest BCUT2D eigenvalue weighted by Crippen LogP contribution is -2.18. The molecular formula is C12H19NO2. The van der Waals surface area contributed by atoms with E-state index < -0.39 is 0 Å². The van der Waals surface area contributed by atoms with E-state index in [1.165, 1.54) is 0 Å². The van der Waals surface area contributed by atoms with E-state index in [1.54, 1.807) is 0 Å². The Morgan fingerprint density at radius 2 is 2.13 bits per heavy atom. The Bertz CT molecular complexity index is 289. The molecule has 0 spiro atoms. The molecule has 84 valence electrons. The summed E-state index contributed by atoms with van der Waals surface area (Å²) in [6.07, 6.45) is 0.695. The summed E-state index contributed by atoms with van der Waals surface area (Å²) in [5.41, 5.74) is 1.11. The van der Waals surface area contributed by atoms with Crippen LogP contribution >= 0.6 is 0 Å². The van der Waals surface area contributed by atoms with Gasteiger partial charge in [0.15, 0.2) is 0 Å². The summed E-state index contributed by atoms with van der Waals surface area (Å²) in [6, 6.07) is 8.08. The molecule has 0 aliphatic rings. The van der Waals surface area contributed by atoms with Crippen molar-refractivity contribution in [2.75, 3.05) is 20.3 Å². The van der Waals surface area contributed by atoms with Crippen LogP contribution in [-0.2, 0) is 0 Å². The van der Waals surface area contributed by atoms with Gasteiger partial charge in [-0.25, -0.2) is 0 Å². The van der Waals surface area contributed by atoms with Crippen LogP contribution in [0.25, 0.3) is 0 Å². The second-order valence-electron chi connectivity index (χ2n) is 3.32. The van der Waals surface area contributed by atoms with Gasteiger partial charge in [0, 0.05) is 18.2 Å². The Hall–Kier alpha value is -1.06. The van der Waals surface area contributed by atoms with Crippen molar-refractivity contribution in [3.8, 4) is 5.75 Å². The van der Waals surface area contributed by atoms with E-state index in [9.17, 15) is 0 Å². The topological polar surface area (TPSA) is 41.5 Å². The standard InChI is InChI=1S/C12H19NO2/c1-3-15-12-7-5-4-6-10(12)11(13-2)8-9-14/h4-7,11,13-14H,3,8-9H2,1-2H3. The SMILES string of the molecule is CCOc1ccccc1C(CCO)NC. The van der Waals surface area contributed by atoms with Crippen LogP contribution in [0, 0.1) is 0 Å². The van der Waals surface area contributed by atoms with Crippen molar-refractivity contribution < 1.29 is 9.84 Å². The molecular weight excluding hydrogens is 190 g/mol. The molecule has 0 heterocycles. The Balaban J connectivity index is 2.88. The number of aliphatic hydroxyl groups excluding tert-OH is 1. The monoisotopic (exact) mass is 209 g/mol. The second-order valence-corrected chi connectivity index (χ2v) is 3.32. The van der Waals surface area contributed by atoms with Gasteiger partial charge in [0.05, 0.1) is 6.61 Å². The number of rotatable bonds is 6. The van der Waals surface area contributed by atoms with Crippen molar-refractivity contribution >= 4 is 0 Å². The quantitative estimate of drug-likeness (QED) is 0.749. The largest absolute Gasteiger partial charge is 0.494 e. The average Bonchev–Trinajstić information content (AvgIpc) is 2.27. The Morgan fingerprint density at radius 1 is 1.40 bits per heavy atom. The van der Waals surface area contributed by atoms with Gasteiger partial charge in [0.25, 0.3) is 0 Å². The first-order valence-electron chi connectivity index (χ1n) is 5.33. The first-order valence-corrected chi connectivity index (χ1v) is 5.33. The maximum absolute atomic E-state index is 8.97. The molecule has 3 heteroatoms. The van der Waals surface area contributed by atoms with Gasteiger partial charge in [-0.2, -0.15) is 0 Å². The zero-order valence-electron chi connectivity index (χ0n) is 9.36. The summed E-state index contributed by atoms with van der Waals surface area (Å²) in [5, 5.41) is 12.1. The fourth-order valence-corrected chi connectivity index (χ4v) is 1.64. The van der Waals surface area contributed by atoms with Crippen molar-refractivity contribution in [2.45, 2.75) is 19.4 Å². The number of ether oxygens (including phenoxy) is 1. The summed E-state index contributed by atoms with van der Waals surface area (Å²) in [7, 11) is 1.89. The van der Waals surface area contributed by atoms with Crippen LogP contribution in [0.2, 0.25) is 0 Å². The molecule has 15 heavy (non-hydrogen) atoms. The summed E-state index contributed by atoms with van der Waals surface area (Å²) in [4.78, 5) is 0. The minimum atomic E-state index is 0.151. The van der Waals surface area contributed by atoms with Crippen LogP contribution in [0.3, 0.4) is 0 Å². The van der Waals surface area contributed by atoms with E-state index in [2.05, 4.69) is 5.32 Å². The fraction of sp³-hybridized carbons (Fsp3) is 0.500. The summed E-state index contributed by atoms with van der Waals surface area (Å²) in [6.45, 7) is 2.80. The molecule has 0 saturated carbocycles. The van der Waals surface area contributed by atoms with Crippen molar-refractivity contribution in [3.63, 3.8) is 0 Å². The molecule has 0 aromatic heterocycles. The summed E-state index contributed by atoms with van der Waals surface area (Å²) >= 11 is 0. The zero-order valence-corrected chi connectivity index (χ0v) is 9.36. The molecule has 0 radical (unpaired) electrons. The molecule has 0 bridgehead atoms. The molecule has 0 aliphatic heterocycles. The molecule has 3 nitrogen and oxygen atoms in total. The normalized spacial score (nSPS) is 12.5. The fourth-order valence-electron chi connectivity index (χ4n) is 1.64. The molecule has 0 fully saturated rings. The van der Waals surface area contributed by atoms with E-state index in [0.29, 0.717) is 13.0 Å². The molecule has 1 unspecified atom stereocenters. The van der Waals surface area contributed by atoms with E-state index in [1.807, 2.05) is 38.2 Å². The number of hydrogen-bond acceptors (Lipinski definition) is 3. The predicted molar refractivity (Wildman–Crippen MR) is 61.1 cm³/mol. The third-order valence-electron chi connectivity index (χ3n) is 2.36. The van der Waals surface area contributed by atoms with Gasteiger partial charge >= 0.3 is 0 Å². The Labute approximate surface area is 91.1 Å². The van der Waals surface area contributed by atoms with Gasteiger partial charge < -0.3 is 15.2 Å². The zero-order chi connectivity index (χ0) is 11.1. The highest BCUT2D eigenvalue weighted by Gasteiger charge is 2.12. The summed E-state index contributed by atoms with van der Waals surface area (Å²) < 4.78 is 5.54. The van der Waals surface area contributed by atoms with Crippen molar-refractivity contribution in [2.24, 2.45) is 0 Å². The molecule has 1 atom stereocenters. The number of benzene rings is 1. The molecule has 1 aromatic rings. The lowest BCUT2D eigenvalue weighted by Gasteiger charge is -2.18. The van der Waals surface area contributed by atoms with Crippen LogP contribution in [0.5, 0.6) is 5.75 Å². The molecule has 1 rings (SSSR count). The lowest BCUT2D eigenvalue weighted by molar-refractivity contribution is 0.265. The van der Waals surface area contributed by atoms with E-state index >= 15 is 0 Å². The van der Waals surface area contributed by atoms with Crippen LogP contribution in [0.15, 0.2) is 24.3 Å². The number of aliphatic hydroxyl groups is 1. The summed E-state index contributed by atoms with van der Waals surface area (Å²) in [5.74, 6) is 0.896. The van der Waals surface area contributed by atoms with Gasteiger partial charge in [-0.3, -0.25) is 0 Å². The van der Waals surface area contributed by atoms with E-state index in [4.69, 9.17) is 9.84 Å². The highest BCUT2D eigenvalue weighted by Crippen LogP contribution is 2.26. The minimum Gasteiger partial charge on any atom is -0.494 e. The number of nitrogens with one attached hydrogen (secondary N) is 1. The highest BCUT2D eigenvalue weighted by atomic mass is 16.5. The Kier molecular flexibility index (Phi) is 5.15. The number of para-hydroxylation sites is 1. The van der Waals surface area contributed by atoms with Crippen molar-refractivity contribution in [1.82, 2.24) is 5.32 Å². The lowest BCUT2D eigenvalue weighted by atomic mass is 10.0. The Morgan fingerprint density at radius 3 is 2.73 bits per heavy atom. The third-order valence-corrected chi connectivity index (χ3v) is 2.36. The van der Waals surface area contributed by atoms with Gasteiger partial charge in [-0.1, -0.05) is 18.2 Å². The molecule has 0 saturated heterocycles.